The van der Waals surface area contributed by atoms with Crippen LogP contribution in [0.1, 0.15) is 27.1 Å². The number of halogens is 2. The molecule has 0 unspecified atom stereocenters. The van der Waals surface area contributed by atoms with Crippen molar-refractivity contribution in [3.63, 3.8) is 0 Å². The number of amides is 3. The number of carbonyl (C=O) groups is 4. The second kappa shape index (κ2) is 7.81. The van der Waals surface area contributed by atoms with Crippen LogP contribution in [0.4, 0.5) is 11.4 Å². The summed E-state index contributed by atoms with van der Waals surface area (Å²) < 4.78 is 0. The molecule has 164 valence electrons. The third-order valence-electron chi connectivity index (χ3n) is 6.76. The van der Waals surface area contributed by atoms with Crippen molar-refractivity contribution >= 4 is 66.9 Å². The molecule has 3 fully saturated rings. The van der Waals surface area contributed by atoms with Gasteiger partial charge in [-0.05, 0) is 66.8 Å². The monoisotopic (exact) mass is 560 g/mol. The topological polar surface area (TPSA) is 104 Å². The number of hydrogen-bond donors (Lipinski definition) is 2. The first-order chi connectivity index (χ1) is 15.3. The second-order valence-electron chi connectivity index (χ2n) is 8.40. The molecule has 1 aliphatic heterocycles. The average Bonchev–Trinajstić information content (AvgIpc) is 3.39. The van der Waals surface area contributed by atoms with Crippen LogP contribution < -0.4 is 10.2 Å². The van der Waals surface area contributed by atoms with Crippen LogP contribution in [0.3, 0.4) is 0 Å². The summed E-state index contributed by atoms with van der Waals surface area (Å²) in [5.41, 5.74) is 1.42. The molecule has 6 atom stereocenters. The van der Waals surface area contributed by atoms with Crippen molar-refractivity contribution in [2.45, 2.75) is 16.1 Å². The van der Waals surface area contributed by atoms with Crippen LogP contribution in [0.2, 0.25) is 0 Å². The molecule has 2 aromatic rings. The van der Waals surface area contributed by atoms with Gasteiger partial charge in [0.2, 0.25) is 11.8 Å². The Bertz CT molecular complexity index is 1100. The predicted octanol–water partition coefficient (Wildman–Crippen LogP) is 3.92. The van der Waals surface area contributed by atoms with E-state index < -0.39 is 5.97 Å². The molecule has 0 spiro atoms. The Morgan fingerprint density at radius 3 is 1.84 bits per heavy atom. The maximum absolute atomic E-state index is 13.1. The molecule has 0 radical (unpaired) electrons. The number of hydrogen-bond acceptors (Lipinski definition) is 4. The summed E-state index contributed by atoms with van der Waals surface area (Å²) in [6.07, 6.45) is 0.874. The van der Waals surface area contributed by atoms with E-state index in [1.807, 2.05) is 0 Å². The first-order valence-corrected chi connectivity index (χ1v) is 12.0. The number of anilines is 2. The van der Waals surface area contributed by atoms with E-state index in [1.54, 1.807) is 24.3 Å². The molecule has 2 aromatic carbocycles. The number of aromatic carboxylic acids is 1. The fourth-order valence-corrected chi connectivity index (χ4v) is 7.14. The fraction of sp³-hybridized carbons (Fsp3) is 0.304. The molecule has 9 heteroatoms. The third kappa shape index (κ3) is 3.21. The Hall–Kier alpha value is -2.52. The van der Waals surface area contributed by atoms with E-state index >= 15 is 0 Å². The van der Waals surface area contributed by atoms with Gasteiger partial charge in [0.1, 0.15) is 0 Å². The van der Waals surface area contributed by atoms with E-state index in [2.05, 4.69) is 37.2 Å². The number of carboxylic acids is 1. The summed E-state index contributed by atoms with van der Waals surface area (Å²) in [7, 11) is 0. The first kappa shape index (κ1) is 21.3. The zero-order chi connectivity index (χ0) is 22.7. The summed E-state index contributed by atoms with van der Waals surface area (Å²) in [6, 6.07) is 12.2. The minimum Gasteiger partial charge on any atom is -0.478 e. The van der Waals surface area contributed by atoms with Crippen molar-refractivity contribution in [2.24, 2.45) is 23.7 Å². The van der Waals surface area contributed by atoms with E-state index in [0.29, 0.717) is 16.9 Å². The lowest BCUT2D eigenvalue weighted by atomic mass is 9.81. The van der Waals surface area contributed by atoms with Crippen LogP contribution in [0.25, 0.3) is 0 Å². The Labute approximate surface area is 200 Å². The minimum absolute atomic E-state index is 0.128. The Kier molecular flexibility index (Phi) is 5.21. The highest BCUT2D eigenvalue weighted by Gasteiger charge is 2.66. The van der Waals surface area contributed by atoms with Gasteiger partial charge >= 0.3 is 5.97 Å². The molecule has 2 N–H and O–H groups in total. The SMILES string of the molecule is O=C(O)c1ccc(NC(=O)c2ccc(N3C(=O)[C@@H]4[C@H]5C[C@@H]([C@H](Br)[C@H]5Br)[C@H]4C3=O)cc2)cc1. The number of nitrogens with one attached hydrogen (secondary N) is 1. The van der Waals surface area contributed by atoms with Gasteiger partial charge in [0.05, 0.1) is 23.1 Å². The standard InChI is InChI=1S/C23H18Br2N2O5/c24-18-14-9-15(19(18)25)17-16(14)21(29)27(22(17)30)13-7-3-10(4-8-13)20(28)26-12-5-1-11(2-6-12)23(31)32/h1-8,14-19H,9H2,(H,26,28)(H,31,32)/t14-,15-,16-,17-,18+,19+/m1/s1. The Morgan fingerprint density at radius 1 is 0.844 bits per heavy atom. The van der Waals surface area contributed by atoms with Gasteiger partial charge in [0.15, 0.2) is 0 Å². The largest absolute Gasteiger partial charge is 0.478 e. The molecule has 1 heterocycles. The first-order valence-electron chi connectivity index (χ1n) is 10.2. The summed E-state index contributed by atoms with van der Waals surface area (Å²) in [5.74, 6) is -2.02. The predicted molar refractivity (Wildman–Crippen MR) is 124 cm³/mol. The van der Waals surface area contributed by atoms with Crippen molar-refractivity contribution in [1.82, 2.24) is 0 Å². The van der Waals surface area contributed by atoms with Gasteiger partial charge in [0.25, 0.3) is 5.91 Å². The highest BCUT2D eigenvalue weighted by Crippen LogP contribution is 2.60. The lowest BCUT2D eigenvalue weighted by Crippen LogP contribution is -2.37. The Morgan fingerprint density at radius 2 is 1.34 bits per heavy atom. The fourth-order valence-electron chi connectivity index (χ4n) is 5.26. The van der Waals surface area contributed by atoms with E-state index in [4.69, 9.17) is 5.11 Å². The molecule has 2 aliphatic carbocycles. The quantitative estimate of drug-likeness (QED) is 0.435. The van der Waals surface area contributed by atoms with Gasteiger partial charge in [-0.1, -0.05) is 31.9 Å². The molecule has 1 saturated heterocycles. The number of carboxylic acid groups (broad SMARTS) is 1. The molecule has 32 heavy (non-hydrogen) atoms. The summed E-state index contributed by atoms with van der Waals surface area (Å²) in [4.78, 5) is 51.3. The molecule has 7 nitrogen and oxygen atoms in total. The normalized spacial score (nSPS) is 30.5. The van der Waals surface area contributed by atoms with Crippen molar-refractivity contribution in [1.29, 1.82) is 0 Å². The van der Waals surface area contributed by atoms with Crippen molar-refractivity contribution in [3.8, 4) is 0 Å². The summed E-state index contributed by atoms with van der Waals surface area (Å²) >= 11 is 7.36. The summed E-state index contributed by atoms with van der Waals surface area (Å²) in [6.45, 7) is 0. The van der Waals surface area contributed by atoms with Crippen LogP contribution in [0, 0.1) is 23.7 Å². The molecule has 5 rings (SSSR count). The maximum Gasteiger partial charge on any atom is 0.335 e. The number of rotatable bonds is 4. The van der Waals surface area contributed by atoms with Crippen LogP contribution in [0.15, 0.2) is 48.5 Å². The van der Waals surface area contributed by atoms with Crippen molar-refractivity contribution in [2.75, 3.05) is 10.2 Å². The van der Waals surface area contributed by atoms with E-state index in [-0.39, 0.29) is 56.6 Å². The van der Waals surface area contributed by atoms with Gasteiger partial charge in [-0.15, -0.1) is 0 Å². The lowest BCUT2D eigenvalue weighted by Gasteiger charge is -2.28. The number of fused-ring (bicyclic) bond motifs is 5. The molecule has 2 saturated carbocycles. The van der Waals surface area contributed by atoms with Crippen LogP contribution in [0.5, 0.6) is 0 Å². The molecular formula is C23H18Br2N2O5. The highest BCUT2D eigenvalue weighted by molar-refractivity contribution is 9.12. The molecular weight excluding hydrogens is 544 g/mol. The molecule has 3 amide bonds. The number of carbonyl (C=O) groups excluding carboxylic acids is 3. The second-order valence-corrected chi connectivity index (χ2v) is 10.5. The van der Waals surface area contributed by atoms with Gasteiger partial charge < -0.3 is 10.4 Å². The van der Waals surface area contributed by atoms with Crippen molar-refractivity contribution < 1.29 is 24.3 Å². The number of benzene rings is 2. The number of imide groups is 1. The van der Waals surface area contributed by atoms with Gasteiger partial charge in [-0.25, -0.2) is 4.79 Å². The number of nitrogens with zero attached hydrogens (tertiary/aromatic N) is 1. The Balaban J connectivity index is 1.32. The molecule has 2 bridgehead atoms. The molecule has 0 aromatic heterocycles. The smallest absolute Gasteiger partial charge is 0.335 e. The average molecular weight is 562 g/mol. The van der Waals surface area contributed by atoms with E-state index in [1.165, 1.54) is 29.2 Å². The van der Waals surface area contributed by atoms with Gasteiger partial charge in [0, 0.05) is 20.9 Å². The van der Waals surface area contributed by atoms with Gasteiger partial charge in [-0.2, -0.15) is 0 Å². The molecule has 3 aliphatic rings. The maximum atomic E-state index is 13.1. The summed E-state index contributed by atoms with van der Waals surface area (Å²) in [5, 5.41) is 11.7. The third-order valence-corrected chi connectivity index (χ3v) is 9.97. The van der Waals surface area contributed by atoms with Crippen molar-refractivity contribution in [3.05, 3.63) is 59.7 Å². The van der Waals surface area contributed by atoms with Gasteiger partial charge in [-0.3, -0.25) is 19.3 Å². The van der Waals surface area contributed by atoms with E-state index in [0.717, 1.165) is 6.42 Å². The lowest BCUT2D eigenvalue weighted by molar-refractivity contribution is -0.123. The zero-order valence-corrected chi connectivity index (χ0v) is 19.7. The van der Waals surface area contributed by atoms with Crippen LogP contribution >= 0.6 is 31.9 Å². The van der Waals surface area contributed by atoms with Crippen LogP contribution in [-0.2, 0) is 9.59 Å². The zero-order valence-electron chi connectivity index (χ0n) is 16.6. The van der Waals surface area contributed by atoms with Crippen LogP contribution in [-0.4, -0.2) is 38.5 Å². The number of alkyl halides is 2. The van der Waals surface area contributed by atoms with E-state index in [9.17, 15) is 19.2 Å². The highest BCUT2D eigenvalue weighted by atomic mass is 79.9. The minimum atomic E-state index is -1.04.